The van der Waals surface area contributed by atoms with Crippen molar-refractivity contribution < 1.29 is 13.2 Å². The van der Waals surface area contributed by atoms with Gasteiger partial charge in [0.05, 0.1) is 12.0 Å². The molecule has 3 heterocycles. The Hall–Kier alpha value is -1.32. The van der Waals surface area contributed by atoms with Crippen molar-refractivity contribution in [2.24, 2.45) is 5.92 Å². The highest BCUT2D eigenvalue weighted by atomic mass is 32.2. The molecule has 1 aromatic rings. The molecule has 7 nitrogen and oxygen atoms in total. The number of amides is 1. The second-order valence-corrected chi connectivity index (χ2v) is 9.30. The number of nitrogens with zero attached hydrogens (tertiary/aromatic N) is 2. The Labute approximate surface area is 145 Å². The van der Waals surface area contributed by atoms with Crippen molar-refractivity contribution in [1.29, 1.82) is 0 Å². The van der Waals surface area contributed by atoms with Crippen molar-refractivity contribution in [1.82, 2.24) is 8.87 Å². The van der Waals surface area contributed by atoms with Crippen LogP contribution < -0.4 is 10.9 Å². The van der Waals surface area contributed by atoms with E-state index in [-0.39, 0.29) is 29.0 Å². The summed E-state index contributed by atoms with van der Waals surface area (Å²) in [4.78, 5) is 24.4. The number of piperidine rings is 1. The molecule has 1 aromatic heterocycles. The van der Waals surface area contributed by atoms with Crippen LogP contribution in [-0.4, -0.2) is 54.6 Å². The van der Waals surface area contributed by atoms with E-state index >= 15 is 0 Å². The van der Waals surface area contributed by atoms with Crippen LogP contribution in [0.4, 0.5) is 5.69 Å². The molecular weight excluding hydrogens is 350 g/mol. The van der Waals surface area contributed by atoms with Crippen LogP contribution >= 0.6 is 11.8 Å². The van der Waals surface area contributed by atoms with E-state index in [1.54, 1.807) is 10.6 Å². The molecular formula is C15H21N3O4S2. The van der Waals surface area contributed by atoms with Crippen molar-refractivity contribution in [3.63, 3.8) is 0 Å². The second kappa shape index (κ2) is 6.53. The van der Waals surface area contributed by atoms with Gasteiger partial charge in [0.1, 0.15) is 5.69 Å². The van der Waals surface area contributed by atoms with Crippen LogP contribution in [0.15, 0.2) is 16.9 Å². The Morgan fingerprint density at radius 2 is 2.08 bits per heavy atom. The molecule has 2 unspecified atom stereocenters. The summed E-state index contributed by atoms with van der Waals surface area (Å²) in [6, 6.07) is 3.47. The zero-order valence-corrected chi connectivity index (χ0v) is 15.3. The van der Waals surface area contributed by atoms with Gasteiger partial charge in [-0.15, -0.1) is 0 Å². The molecule has 9 heteroatoms. The number of thioether (sulfide) groups is 1. The average molecular weight is 371 g/mol. The fraction of sp³-hybridized carbons (Fsp3) is 0.600. The minimum atomic E-state index is -3.22. The summed E-state index contributed by atoms with van der Waals surface area (Å²) in [5.41, 5.74) is 0.940. The molecule has 0 spiro atoms. The lowest BCUT2D eigenvalue weighted by atomic mass is 9.84. The van der Waals surface area contributed by atoms with Crippen LogP contribution in [0.5, 0.6) is 0 Å². The predicted octanol–water partition coefficient (Wildman–Crippen LogP) is 0.528. The highest BCUT2D eigenvalue weighted by Gasteiger charge is 2.37. The first kappa shape index (κ1) is 17.5. The van der Waals surface area contributed by atoms with E-state index in [0.717, 1.165) is 12.1 Å². The third-order valence-electron chi connectivity index (χ3n) is 4.59. The fourth-order valence-electron chi connectivity index (χ4n) is 3.59. The molecule has 0 saturated carbocycles. The molecule has 1 amide bonds. The highest BCUT2D eigenvalue weighted by Crippen LogP contribution is 2.36. The monoisotopic (exact) mass is 371 g/mol. The van der Waals surface area contributed by atoms with Crippen LogP contribution in [0, 0.1) is 5.92 Å². The van der Waals surface area contributed by atoms with Gasteiger partial charge in [-0.1, -0.05) is 0 Å². The number of pyridine rings is 1. The number of sulfonamides is 1. The number of nitrogens with one attached hydrogen (secondary N) is 1. The fourth-order valence-corrected chi connectivity index (χ4v) is 4.85. The van der Waals surface area contributed by atoms with Gasteiger partial charge in [0.15, 0.2) is 0 Å². The zero-order chi connectivity index (χ0) is 17.5. The number of carbonyl (C=O) groups excluding carboxylic acids is 1. The predicted molar refractivity (Wildman–Crippen MR) is 95.0 cm³/mol. The van der Waals surface area contributed by atoms with E-state index in [2.05, 4.69) is 5.32 Å². The van der Waals surface area contributed by atoms with E-state index < -0.39 is 10.0 Å². The maximum Gasteiger partial charge on any atom is 0.274 e. The molecule has 0 aromatic carbocycles. The minimum absolute atomic E-state index is 0.0240. The highest BCUT2D eigenvalue weighted by molar-refractivity contribution is 7.99. The van der Waals surface area contributed by atoms with Gasteiger partial charge in [-0.2, -0.15) is 11.8 Å². The molecule has 2 bridgehead atoms. The van der Waals surface area contributed by atoms with Gasteiger partial charge in [-0.05, 0) is 30.7 Å². The number of hydrogen-bond acceptors (Lipinski definition) is 5. The Balaban J connectivity index is 1.90. The molecule has 24 heavy (non-hydrogen) atoms. The van der Waals surface area contributed by atoms with Crippen molar-refractivity contribution in [3.05, 3.63) is 28.2 Å². The van der Waals surface area contributed by atoms with Crippen molar-refractivity contribution in [2.75, 3.05) is 36.7 Å². The SMILES string of the molecule is CSCC(=O)Nc1ccc2n(c1=O)CC1CC2CN(S(C)(=O)=O)C1. The summed E-state index contributed by atoms with van der Waals surface area (Å²) in [6.45, 7) is 1.35. The van der Waals surface area contributed by atoms with Gasteiger partial charge in [0.2, 0.25) is 15.9 Å². The number of anilines is 1. The van der Waals surface area contributed by atoms with Gasteiger partial charge in [0.25, 0.3) is 5.56 Å². The molecule has 1 saturated heterocycles. The third-order valence-corrected chi connectivity index (χ3v) is 6.38. The first-order valence-corrected chi connectivity index (χ1v) is 11.0. The summed E-state index contributed by atoms with van der Waals surface area (Å²) < 4.78 is 26.9. The summed E-state index contributed by atoms with van der Waals surface area (Å²) in [7, 11) is -3.22. The maximum atomic E-state index is 12.7. The van der Waals surface area contributed by atoms with E-state index in [9.17, 15) is 18.0 Å². The number of rotatable bonds is 4. The summed E-state index contributed by atoms with van der Waals surface area (Å²) in [6.07, 6.45) is 3.95. The lowest BCUT2D eigenvalue weighted by molar-refractivity contribution is -0.113. The van der Waals surface area contributed by atoms with Gasteiger partial charge in [-0.3, -0.25) is 9.59 Å². The third kappa shape index (κ3) is 3.38. The molecule has 1 N–H and O–H groups in total. The number of hydrogen-bond donors (Lipinski definition) is 1. The Morgan fingerprint density at radius 1 is 1.33 bits per heavy atom. The smallest absolute Gasteiger partial charge is 0.274 e. The quantitative estimate of drug-likeness (QED) is 0.834. The molecule has 132 valence electrons. The lowest BCUT2D eigenvalue weighted by Gasteiger charge is -2.41. The molecule has 3 rings (SSSR count). The number of aromatic nitrogens is 1. The van der Waals surface area contributed by atoms with Crippen molar-refractivity contribution in [2.45, 2.75) is 18.9 Å². The van der Waals surface area contributed by atoms with Gasteiger partial charge < -0.3 is 9.88 Å². The maximum absolute atomic E-state index is 12.7. The summed E-state index contributed by atoms with van der Waals surface area (Å²) in [5, 5.41) is 2.66. The van der Waals surface area contributed by atoms with Crippen LogP contribution in [-0.2, 0) is 21.4 Å². The van der Waals surface area contributed by atoms with E-state index in [4.69, 9.17) is 0 Å². The summed E-state index contributed by atoms with van der Waals surface area (Å²) >= 11 is 1.40. The number of fused-ring (bicyclic) bond motifs is 4. The van der Waals surface area contributed by atoms with Crippen molar-refractivity contribution >= 4 is 33.4 Å². The molecule has 2 aliphatic heterocycles. The van der Waals surface area contributed by atoms with Gasteiger partial charge >= 0.3 is 0 Å². The molecule has 1 fully saturated rings. The average Bonchev–Trinajstić information content (AvgIpc) is 2.50. The van der Waals surface area contributed by atoms with E-state index in [1.165, 1.54) is 22.3 Å². The zero-order valence-electron chi connectivity index (χ0n) is 13.7. The largest absolute Gasteiger partial charge is 0.321 e. The first-order valence-electron chi connectivity index (χ1n) is 7.77. The van der Waals surface area contributed by atoms with Crippen LogP contribution in [0.1, 0.15) is 18.0 Å². The molecule has 2 atom stereocenters. The normalized spacial score (nSPS) is 23.6. The van der Waals surface area contributed by atoms with Crippen molar-refractivity contribution in [3.8, 4) is 0 Å². The second-order valence-electron chi connectivity index (χ2n) is 6.45. The van der Waals surface area contributed by atoms with Crippen LogP contribution in [0.3, 0.4) is 0 Å². The molecule has 2 aliphatic rings. The lowest BCUT2D eigenvalue weighted by Crippen LogP contribution is -2.49. The minimum Gasteiger partial charge on any atom is -0.321 e. The number of carbonyl (C=O) groups is 1. The Kier molecular flexibility index (Phi) is 4.76. The topological polar surface area (TPSA) is 88.5 Å². The molecule has 0 aliphatic carbocycles. The van der Waals surface area contributed by atoms with Crippen LogP contribution in [0.2, 0.25) is 0 Å². The van der Waals surface area contributed by atoms with E-state index in [1.807, 2.05) is 12.3 Å². The summed E-state index contributed by atoms with van der Waals surface area (Å²) in [5.74, 6) is 0.256. The first-order chi connectivity index (χ1) is 11.3. The van der Waals surface area contributed by atoms with Gasteiger partial charge in [-0.25, -0.2) is 12.7 Å². The standard InChI is InChI=1S/C15H21N3O4S2/c1-23-9-14(19)16-12-3-4-13-11-5-10(7-18(13)15(12)20)6-17(8-11)24(2,21)22/h3-4,10-11H,5-9H2,1-2H3,(H,16,19). The molecule has 0 radical (unpaired) electrons. The Morgan fingerprint density at radius 3 is 2.75 bits per heavy atom. The van der Waals surface area contributed by atoms with E-state index in [0.29, 0.717) is 25.4 Å². The van der Waals surface area contributed by atoms with Gasteiger partial charge in [0, 0.05) is 31.2 Å². The Bertz CT molecular complexity index is 818. The van der Waals surface area contributed by atoms with Crippen LogP contribution in [0.25, 0.3) is 0 Å².